The van der Waals surface area contributed by atoms with Gasteiger partial charge in [0.2, 0.25) is 0 Å². The highest BCUT2D eigenvalue weighted by Gasteiger charge is 2.13. The molecule has 0 fully saturated rings. The predicted molar refractivity (Wildman–Crippen MR) is 61.5 cm³/mol. The fourth-order valence-electron chi connectivity index (χ4n) is 1.38. The van der Waals surface area contributed by atoms with Crippen LogP contribution in [0.1, 0.15) is 24.8 Å². The number of carbonyl (C=O) groups is 1. The highest BCUT2D eigenvalue weighted by Crippen LogP contribution is 2.36. The SMILES string of the molecule is COc1cc(O)c(C(C)CC=O)cc1Br. The van der Waals surface area contributed by atoms with Gasteiger partial charge in [0.15, 0.2) is 0 Å². The van der Waals surface area contributed by atoms with Crippen molar-refractivity contribution in [3.63, 3.8) is 0 Å². The molecule has 0 aliphatic heterocycles. The van der Waals surface area contributed by atoms with Crippen LogP contribution in [0.15, 0.2) is 16.6 Å². The first-order valence-electron chi connectivity index (χ1n) is 4.60. The van der Waals surface area contributed by atoms with Gasteiger partial charge >= 0.3 is 0 Å². The molecule has 0 heterocycles. The molecule has 82 valence electrons. The smallest absolute Gasteiger partial charge is 0.136 e. The van der Waals surface area contributed by atoms with Gasteiger partial charge in [-0.25, -0.2) is 0 Å². The van der Waals surface area contributed by atoms with E-state index in [1.54, 1.807) is 12.1 Å². The van der Waals surface area contributed by atoms with Crippen molar-refractivity contribution in [2.45, 2.75) is 19.3 Å². The minimum absolute atomic E-state index is 0.00436. The first-order valence-corrected chi connectivity index (χ1v) is 5.39. The molecule has 0 aliphatic rings. The minimum atomic E-state index is 0.00436. The second-order valence-electron chi connectivity index (χ2n) is 3.35. The Morgan fingerprint density at radius 3 is 2.80 bits per heavy atom. The first-order chi connectivity index (χ1) is 7.10. The summed E-state index contributed by atoms with van der Waals surface area (Å²) in [7, 11) is 1.54. The maximum Gasteiger partial charge on any atom is 0.136 e. The molecule has 0 spiro atoms. The second kappa shape index (κ2) is 5.16. The van der Waals surface area contributed by atoms with Crippen molar-refractivity contribution in [3.05, 3.63) is 22.2 Å². The number of ether oxygens (including phenoxy) is 1. The summed E-state index contributed by atoms with van der Waals surface area (Å²) in [5.74, 6) is 0.739. The fraction of sp³-hybridized carbons (Fsp3) is 0.364. The summed E-state index contributed by atoms with van der Waals surface area (Å²) in [6, 6.07) is 3.32. The molecule has 1 rings (SSSR count). The van der Waals surface area contributed by atoms with Gasteiger partial charge in [-0.05, 0) is 33.5 Å². The molecule has 0 radical (unpaired) electrons. The average molecular weight is 273 g/mol. The van der Waals surface area contributed by atoms with Gasteiger partial charge in [-0.1, -0.05) is 6.92 Å². The Morgan fingerprint density at radius 2 is 2.27 bits per heavy atom. The van der Waals surface area contributed by atoms with Crippen molar-refractivity contribution in [2.75, 3.05) is 7.11 Å². The predicted octanol–water partition coefficient (Wildman–Crippen LogP) is 2.86. The van der Waals surface area contributed by atoms with Crippen LogP contribution in [-0.4, -0.2) is 18.5 Å². The number of halogens is 1. The van der Waals surface area contributed by atoms with E-state index in [-0.39, 0.29) is 11.7 Å². The summed E-state index contributed by atoms with van der Waals surface area (Å²) < 4.78 is 5.82. The van der Waals surface area contributed by atoms with Crippen molar-refractivity contribution < 1.29 is 14.6 Å². The summed E-state index contributed by atoms with van der Waals surface area (Å²) in [4.78, 5) is 10.4. The monoisotopic (exact) mass is 272 g/mol. The van der Waals surface area contributed by atoms with Crippen LogP contribution in [0.25, 0.3) is 0 Å². The standard InChI is InChI=1S/C11H13BrO3/c1-7(3-4-13)8-5-9(12)11(15-2)6-10(8)14/h4-7,14H,3H2,1-2H3. The molecule has 0 bridgehead atoms. The van der Waals surface area contributed by atoms with Gasteiger partial charge < -0.3 is 14.6 Å². The number of hydrogen-bond acceptors (Lipinski definition) is 3. The molecule has 0 saturated carbocycles. The molecule has 1 N–H and O–H groups in total. The van der Waals surface area contributed by atoms with Crippen LogP contribution in [0.4, 0.5) is 0 Å². The maximum absolute atomic E-state index is 10.4. The molecule has 0 aromatic heterocycles. The molecule has 0 saturated heterocycles. The van der Waals surface area contributed by atoms with Crippen molar-refractivity contribution >= 4 is 22.2 Å². The zero-order valence-electron chi connectivity index (χ0n) is 8.66. The van der Waals surface area contributed by atoms with Gasteiger partial charge in [0.25, 0.3) is 0 Å². The van der Waals surface area contributed by atoms with Crippen molar-refractivity contribution in [1.82, 2.24) is 0 Å². The Kier molecular flexibility index (Phi) is 4.15. The van der Waals surface area contributed by atoms with E-state index in [2.05, 4.69) is 15.9 Å². The van der Waals surface area contributed by atoms with Gasteiger partial charge in [-0.15, -0.1) is 0 Å². The van der Waals surface area contributed by atoms with Crippen molar-refractivity contribution in [3.8, 4) is 11.5 Å². The van der Waals surface area contributed by atoms with E-state index in [4.69, 9.17) is 4.74 Å². The topological polar surface area (TPSA) is 46.5 Å². The van der Waals surface area contributed by atoms with Gasteiger partial charge in [0, 0.05) is 12.5 Å². The van der Waals surface area contributed by atoms with E-state index >= 15 is 0 Å². The van der Waals surface area contributed by atoms with E-state index in [9.17, 15) is 9.90 Å². The lowest BCUT2D eigenvalue weighted by atomic mass is 9.97. The Hall–Kier alpha value is -1.03. The van der Waals surface area contributed by atoms with Crippen LogP contribution in [0.2, 0.25) is 0 Å². The highest BCUT2D eigenvalue weighted by atomic mass is 79.9. The van der Waals surface area contributed by atoms with Gasteiger partial charge in [-0.2, -0.15) is 0 Å². The third-order valence-corrected chi connectivity index (χ3v) is 2.90. The van der Waals surface area contributed by atoms with Gasteiger partial charge in [-0.3, -0.25) is 0 Å². The second-order valence-corrected chi connectivity index (χ2v) is 4.20. The van der Waals surface area contributed by atoms with Gasteiger partial charge in [0.1, 0.15) is 17.8 Å². The third kappa shape index (κ3) is 2.72. The first kappa shape index (κ1) is 12.0. The van der Waals surface area contributed by atoms with Crippen LogP contribution in [0, 0.1) is 0 Å². The van der Waals surface area contributed by atoms with E-state index in [0.717, 1.165) is 16.3 Å². The van der Waals surface area contributed by atoms with E-state index in [0.29, 0.717) is 12.2 Å². The molecule has 0 aliphatic carbocycles. The van der Waals surface area contributed by atoms with Crippen LogP contribution < -0.4 is 4.74 Å². The molecule has 1 unspecified atom stereocenters. The molecule has 15 heavy (non-hydrogen) atoms. The highest BCUT2D eigenvalue weighted by molar-refractivity contribution is 9.10. The maximum atomic E-state index is 10.4. The lowest BCUT2D eigenvalue weighted by molar-refractivity contribution is -0.108. The van der Waals surface area contributed by atoms with Crippen molar-refractivity contribution in [1.29, 1.82) is 0 Å². The lowest BCUT2D eigenvalue weighted by Gasteiger charge is -2.13. The normalized spacial score (nSPS) is 12.2. The number of rotatable bonds is 4. The number of carbonyl (C=O) groups excluding carboxylic acids is 1. The Bertz CT molecular complexity index is 363. The Balaban J connectivity index is 3.09. The average Bonchev–Trinajstić information content (AvgIpc) is 2.21. The van der Waals surface area contributed by atoms with Crippen LogP contribution in [-0.2, 0) is 4.79 Å². The van der Waals surface area contributed by atoms with E-state index in [1.165, 1.54) is 7.11 Å². The molecule has 1 atom stereocenters. The van der Waals surface area contributed by atoms with Crippen LogP contribution >= 0.6 is 15.9 Å². The summed E-state index contributed by atoms with van der Waals surface area (Å²) in [6.07, 6.45) is 1.24. The fourth-order valence-corrected chi connectivity index (χ4v) is 1.90. The number of aromatic hydroxyl groups is 1. The number of hydrogen-bond donors (Lipinski definition) is 1. The molecular weight excluding hydrogens is 260 g/mol. The van der Waals surface area contributed by atoms with Crippen LogP contribution in [0.5, 0.6) is 11.5 Å². The number of benzene rings is 1. The Morgan fingerprint density at radius 1 is 1.60 bits per heavy atom. The molecule has 1 aromatic rings. The summed E-state index contributed by atoms with van der Waals surface area (Å²) in [6.45, 7) is 1.89. The van der Waals surface area contributed by atoms with Crippen LogP contribution in [0.3, 0.4) is 0 Å². The van der Waals surface area contributed by atoms with E-state index in [1.807, 2.05) is 6.92 Å². The zero-order valence-corrected chi connectivity index (χ0v) is 10.2. The lowest BCUT2D eigenvalue weighted by Crippen LogP contribution is -1.96. The summed E-state index contributed by atoms with van der Waals surface area (Å²) >= 11 is 3.34. The number of phenolic OH excluding ortho intramolecular Hbond substituents is 1. The molecule has 4 heteroatoms. The molecule has 3 nitrogen and oxygen atoms in total. The quantitative estimate of drug-likeness (QED) is 0.858. The van der Waals surface area contributed by atoms with Crippen molar-refractivity contribution in [2.24, 2.45) is 0 Å². The Labute approximate surface area is 97.2 Å². The van der Waals surface area contributed by atoms with Gasteiger partial charge in [0.05, 0.1) is 11.6 Å². The number of phenols is 1. The summed E-state index contributed by atoms with van der Waals surface area (Å²) in [5.41, 5.74) is 0.745. The molecular formula is C11H13BrO3. The number of methoxy groups -OCH3 is 1. The zero-order chi connectivity index (χ0) is 11.4. The molecule has 0 amide bonds. The third-order valence-electron chi connectivity index (χ3n) is 2.28. The largest absolute Gasteiger partial charge is 0.508 e. The number of aldehydes is 1. The molecule has 1 aromatic carbocycles. The minimum Gasteiger partial charge on any atom is -0.508 e. The van der Waals surface area contributed by atoms with E-state index < -0.39 is 0 Å². The summed E-state index contributed by atoms with van der Waals surface area (Å²) in [5, 5.41) is 9.73.